The third-order valence-corrected chi connectivity index (χ3v) is 4.50. The molecule has 8 nitrogen and oxygen atoms in total. The minimum atomic E-state index is -3.80. The molecular formula is C12H22N4O4S. The van der Waals surface area contributed by atoms with E-state index in [1.807, 2.05) is 20.8 Å². The van der Waals surface area contributed by atoms with E-state index in [0.29, 0.717) is 5.82 Å². The molecular weight excluding hydrogens is 296 g/mol. The summed E-state index contributed by atoms with van der Waals surface area (Å²) in [6.45, 7) is 6.95. The van der Waals surface area contributed by atoms with Crippen molar-refractivity contribution in [3.05, 3.63) is 11.7 Å². The Labute approximate surface area is 124 Å². The molecule has 1 N–H and O–H groups in total. The predicted octanol–water partition coefficient (Wildman–Crippen LogP) is 0.263. The van der Waals surface area contributed by atoms with E-state index in [4.69, 9.17) is 4.52 Å². The fraction of sp³-hybridized carbons (Fsp3) is 0.750. The number of hydrogen-bond donors (Lipinski definition) is 1. The van der Waals surface area contributed by atoms with Crippen molar-refractivity contribution in [2.75, 3.05) is 14.1 Å². The minimum absolute atomic E-state index is 0.142. The molecule has 120 valence electrons. The second kappa shape index (κ2) is 6.10. The van der Waals surface area contributed by atoms with Crippen molar-refractivity contribution in [2.45, 2.75) is 44.9 Å². The minimum Gasteiger partial charge on any atom is -0.348 e. The summed E-state index contributed by atoms with van der Waals surface area (Å²) in [6.07, 6.45) is 0. The van der Waals surface area contributed by atoms with Crippen molar-refractivity contribution < 1.29 is 17.7 Å². The highest BCUT2D eigenvalue weighted by molar-refractivity contribution is 7.90. The number of nitrogens with zero attached hydrogens (tertiary/aromatic N) is 3. The van der Waals surface area contributed by atoms with Crippen LogP contribution in [-0.4, -0.2) is 48.7 Å². The van der Waals surface area contributed by atoms with Crippen LogP contribution in [-0.2, 0) is 26.8 Å². The van der Waals surface area contributed by atoms with Gasteiger partial charge in [-0.1, -0.05) is 25.9 Å². The number of nitrogens with one attached hydrogen (secondary N) is 1. The molecule has 1 atom stereocenters. The van der Waals surface area contributed by atoms with Crippen LogP contribution in [0.5, 0.6) is 0 Å². The van der Waals surface area contributed by atoms with Crippen molar-refractivity contribution in [2.24, 2.45) is 0 Å². The van der Waals surface area contributed by atoms with Crippen LogP contribution in [0.3, 0.4) is 0 Å². The zero-order chi connectivity index (χ0) is 16.4. The first-order valence-corrected chi connectivity index (χ1v) is 8.02. The van der Waals surface area contributed by atoms with Gasteiger partial charge in [-0.3, -0.25) is 4.79 Å². The van der Waals surface area contributed by atoms with Crippen LogP contribution in [0.15, 0.2) is 4.52 Å². The van der Waals surface area contributed by atoms with Gasteiger partial charge >= 0.3 is 0 Å². The smallest absolute Gasteiger partial charge is 0.241 e. The monoisotopic (exact) mass is 318 g/mol. The second-order valence-electron chi connectivity index (χ2n) is 6.00. The molecule has 1 heterocycles. The maximum atomic E-state index is 12.0. The maximum absolute atomic E-state index is 12.0. The van der Waals surface area contributed by atoms with Gasteiger partial charge in [0.2, 0.25) is 21.8 Å². The van der Waals surface area contributed by atoms with Crippen LogP contribution >= 0.6 is 0 Å². The van der Waals surface area contributed by atoms with E-state index in [-0.39, 0.29) is 17.9 Å². The van der Waals surface area contributed by atoms with Crippen molar-refractivity contribution in [1.29, 1.82) is 0 Å². The van der Waals surface area contributed by atoms with Gasteiger partial charge in [0.15, 0.2) is 11.1 Å². The Kier molecular flexibility index (Phi) is 5.11. The Hall–Kier alpha value is -1.48. The van der Waals surface area contributed by atoms with E-state index in [1.165, 1.54) is 25.9 Å². The van der Waals surface area contributed by atoms with Crippen molar-refractivity contribution in [1.82, 2.24) is 19.8 Å². The highest BCUT2D eigenvalue weighted by Crippen LogP contribution is 2.18. The summed E-state index contributed by atoms with van der Waals surface area (Å²) in [5, 5.41) is 2.62. The summed E-state index contributed by atoms with van der Waals surface area (Å²) >= 11 is 0. The largest absolute Gasteiger partial charge is 0.348 e. The molecule has 1 amide bonds. The number of hydrogen-bond acceptors (Lipinski definition) is 6. The Balaban J connectivity index is 2.74. The molecule has 0 radical (unpaired) electrons. The molecule has 0 spiro atoms. The van der Waals surface area contributed by atoms with Crippen LogP contribution in [0.1, 0.15) is 39.4 Å². The molecule has 1 rings (SSSR count). The molecule has 0 bridgehead atoms. The topological polar surface area (TPSA) is 105 Å². The fourth-order valence-corrected chi connectivity index (χ4v) is 2.47. The van der Waals surface area contributed by atoms with Gasteiger partial charge in [-0.2, -0.15) is 4.98 Å². The summed E-state index contributed by atoms with van der Waals surface area (Å²) < 4.78 is 31.3. The third kappa shape index (κ3) is 4.50. The normalized spacial score (nSPS) is 14.0. The predicted molar refractivity (Wildman–Crippen MR) is 76.9 cm³/mol. The van der Waals surface area contributed by atoms with Crippen molar-refractivity contribution >= 4 is 15.9 Å². The van der Waals surface area contributed by atoms with Crippen LogP contribution < -0.4 is 4.72 Å². The highest BCUT2D eigenvalue weighted by atomic mass is 32.2. The summed E-state index contributed by atoms with van der Waals surface area (Å²) in [5.41, 5.74) is -0.283. The Morgan fingerprint density at radius 1 is 1.38 bits per heavy atom. The zero-order valence-corrected chi connectivity index (χ0v) is 14.0. The van der Waals surface area contributed by atoms with Gasteiger partial charge in [-0.15, -0.1) is 0 Å². The first-order valence-electron chi connectivity index (χ1n) is 6.48. The van der Waals surface area contributed by atoms with Gasteiger partial charge in [-0.05, 0) is 6.92 Å². The van der Waals surface area contributed by atoms with E-state index in [2.05, 4.69) is 14.9 Å². The van der Waals surface area contributed by atoms with Crippen LogP contribution in [0.4, 0.5) is 0 Å². The van der Waals surface area contributed by atoms with E-state index in [0.717, 1.165) is 0 Å². The van der Waals surface area contributed by atoms with Crippen LogP contribution in [0, 0.1) is 0 Å². The lowest BCUT2D eigenvalue weighted by Gasteiger charge is -2.17. The lowest BCUT2D eigenvalue weighted by molar-refractivity contribution is -0.127. The highest BCUT2D eigenvalue weighted by Gasteiger charge is 2.29. The third-order valence-electron chi connectivity index (χ3n) is 2.82. The van der Waals surface area contributed by atoms with Crippen molar-refractivity contribution in [3.63, 3.8) is 0 Å². The van der Waals surface area contributed by atoms with Gasteiger partial charge in [-0.25, -0.2) is 13.1 Å². The lowest BCUT2D eigenvalue weighted by atomic mass is 9.96. The van der Waals surface area contributed by atoms with E-state index in [1.54, 1.807) is 0 Å². The standard InChI is InChI=1S/C12H22N4O4S/c1-8(10(17)16(5)6)21(18,19)13-7-9-14-11(15-20-9)12(2,3)4/h8,13H,7H2,1-6H3/t8-/m1/s1. The number of carbonyl (C=O) groups excluding carboxylic acids is 1. The van der Waals surface area contributed by atoms with Crippen LogP contribution in [0.25, 0.3) is 0 Å². The summed E-state index contributed by atoms with van der Waals surface area (Å²) in [6, 6.07) is 0. The SMILES string of the molecule is C[C@H](C(=O)N(C)C)S(=O)(=O)NCc1nc(C(C)(C)C)no1. The molecule has 0 fully saturated rings. The number of amides is 1. The Morgan fingerprint density at radius 3 is 2.38 bits per heavy atom. The van der Waals surface area contributed by atoms with Gasteiger partial charge in [0, 0.05) is 19.5 Å². The van der Waals surface area contributed by atoms with Gasteiger partial charge in [0.1, 0.15) is 0 Å². The molecule has 9 heteroatoms. The summed E-state index contributed by atoms with van der Waals surface area (Å²) in [4.78, 5) is 17.0. The molecule has 0 aliphatic heterocycles. The number of aromatic nitrogens is 2. The fourth-order valence-electron chi connectivity index (χ4n) is 1.41. The van der Waals surface area contributed by atoms with Gasteiger partial charge in [0.05, 0.1) is 6.54 Å². The average Bonchev–Trinajstić information content (AvgIpc) is 2.83. The van der Waals surface area contributed by atoms with E-state index in [9.17, 15) is 13.2 Å². The first-order chi connectivity index (χ1) is 9.45. The molecule has 0 aromatic carbocycles. The molecule has 1 aromatic rings. The second-order valence-corrected chi connectivity index (χ2v) is 8.09. The molecule has 0 saturated heterocycles. The molecule has 1 aromatic heterocycles. The average molecular weight is 318 g/mol. The molecule has 0 saturated carbocycles. The Morgan fingerprint density at radius 2 is 1.95 bits per heavy atom. The molecule has 21 heavy (non-hydrogen) atoms. The maximum Gasteiger partial charge on any atom is 0.241 e. The number of carbonyl (C=O) groups is 1. The summed E-state index contributed by atoms with van der Waals surface area (Å²) in [7, 11) is -0.794. The first kappa shape index (κ1) is 17.6. The quantitative estimate of drug-likeness (QED) is 0.835. The number of sulfonamides is 1. The van der Waals surface area contributed by atoms with Crippen molar-refractivity contribution in [3.8, 4) is 0 Å². The van der Waals surface area contributed by atoms with Gasteiger partial charge in [0.25, 0.3) is 0 Å². The zero-order valence-electron chi connectivity index (χ0n) is 13.2. The van der Waals surface area contributed by atoms with Gasteiger partial charge < -0.3 is 9.42 Å². The molecule has 0 aliphatic rings. The molecule has 0 unspecified atom stereocenters. The van der Waals surface area contributed by atoms with Crippen LogP contribution in [0.2, 0.25) is 0 Å². The molecule has 0 aliphatic carbocycles. The van der Waals surface area contributed by atoms with E-state index >= 15 is 0 Å². The summed E-state index contributed by atoms with van der Waals surface area (Å²) in [5.74, 6) is 0.158. The van der Waals surface area contributed by atoms with E-state index < -0.39 is 21.2 Å². The lowest BCUT2D eigenvalue weighted by Crippen LogP contribution is -2.42. The number of rotatable bonds is 5. The Bertz CT molecular complexity index is 601.